The quantitative estimate of drug-likeness (QED) is 0.0294. The third-order valence-corrected chi connectivity index (χ3v) is 13.3. The standard InChI is InChI=1S/C52H103NO9/c1-3-5-7-9-11-13-15-17-19-21-22-23-24-25-27-29-31-33-35-37-39-41-47(56)53-44(43-61-52-51(60)50(59)49(58)46(42-54)62-52)48(57)45(55)40-38-36-34-32-30-28-26-20-18-16-14-12-10-8-6-4-2/h44-46,48-52,54-55,57-60H,3-43H2,1-2H3,(H,53,56)/t44-,45+,46+,48-,49+,50?,51?,52+/m0/s1. The number of hydrogen-bond acceptors (Lipinski definition) is 9. The van der Waals surface area contributed by atoms with Crippen LogP contribution in [0.15, 0.2) is 0 Å². The van der Waals surface area contributed by atoms with Crippen molar-refractivity contribution in [2.75, 3.05) is 13.2 Å². The van der Waals surface area contributed by atoms with E-state index in [0.717, 1.165) is 38.5 Å². The molecular formula is C52H103NO9. The SMILES string of the molecule is CCCCCCCCCCCCCCCCCCCCCCCC(=O)N[C@@H](CO[C@@H]1O[C@H](CO)[C@@H](O)C(O)C1O)[C@H](O)[C@H](O)CCCCCCCCCCCCCCCCCC. The number of aliphatic hydroxyl groups is 6. The van der Waals surface area contributed by atoms with Gasteiger partial charge in [-0.3, -0.25) is 4.79 Å². The van der Waals surface area contributed by atoms with Crippen LogP contribution in [-0.2, 0) is 14.3 Å². The van der Waals surface area contributed by atoms with Gasteiger partial charge in [-0.05, 0) is 12.8 Å². The molecule has 10 heteroatoms. The number of unbranched alkanes of at least 4 members (excludes halogenated alkanes) is 35. The Hall–Kier alpha value is -0.850. The maximum absolute atomic E-state index is 13.1. The van der Waals surface area contributed by atoms with Crippen molar-refractivity contribution in [3.05, 3.63) is 0 Å². The third-order valence-electron chi connectivity index (χ3n) is 13.3. The number of nitrogens with one attached hydrogen (secondary N) is 1. The Morgan fingerprint density at radius 2 is 0.839 bits per heavy atom. The lowest BCUT2D eigenvalue weighted by Crippen LogP contribution is -2.60. The van der Waals surface area contributed by atoms with E-state index in [1.807, 2.05) is 0 Å². The molecule has 0 aliphatic carbocycles. The van der Waals surface area contributed by atoms with Gasteiger partial charge in [0.25, 0.3) is 0 Å². The molecule has 0 radical (unpaired) electrons. The molecule has 1 aliphatic heterocycles. The van der Waals surface area contributed by atoms with Gasteiger partial charge in [-0.1, -0.05) is 245 Å². The zero-order valence-corrected chi connectivity index (χ0v) is 40.5. The fraction of sp³-hybridized carbons (Fsp3) is 0.981. The smallest absolute Gasteiger partial charge is 0.220 e. The largest absolute Gasteiger partial charge is 0.394 e. The fourth-order valence-corrected chi connectivity index (χ4v) is 8.97. The number of ether oxygens (including phenoxy) is 2. The van der Waals surface area contributed by atoms with Gasteiger partial charge >= 0.3 is 0 Å². The Balaban J connectivity index is 2.29. The maximum Gasteiger partial charge on any atom is 0.220 e. The first-order valence-corrected chi connectivity index (χ1v) is 26.8. The molecule has 1 heterocycles. The maximum atomic E-state index is 13.1. The van der Waals surface area contributed by atoms with Crippen molar-refractivity contribution in [3.8, 4) is 0 Å². The van der Waals surface area contributed by atoms with Gasteiger partial charge in [0, 0.05) is 6.42 Å². The fourth-order valence-electron chi connectivity index (χ4n) is 8.97. The lowest BCUT2D eigenvalue weighted by Gasteiger charge is -2.40. The lowest BCUT2D eigenvalue weighted by atomic mass is 9.98. The van der Waals surface area contributed by atoms with Gasteiger partial charge < -0.3 is 45.4 Å². The van der Waals surface area contributed by atoms with Gasteiger partial charge in [-0.15, -0.1) is 0 Å². The van der Waals surface area contributed by atoms with Gasteiger partial charge in [0.05, 0.1) is 25.4 Å². The van der Waals surface area contributed by atoms with Crippen LogP contribution in [-0.4, -0.2) is 98.7 Å². The van der Waals surface area contributed by atoms with E-state index < -0.39 is 55.6 Å². The van der Waals surface area contributed by atoms with Gasteiger partial charge in [-0.25, -0.2) is 0 Å². The molecule has 1 rings (SSSR count). The summed E-state index contributed by atoms with van der Waals surface area (Å²) < 4.78 is 11.2. The number of rotatable bonds is 46. The minimum Gasteiger partial charge on any atom is -0.394 e. The van der Waals surface area contributed by atoms with Crippen molar-refractivity contribution in [1.82, 2.24) is 5.32 Å². The molecule has 1 amide bonds. The van der Waals surface area contributed by atoms with Crippen molar-refractivity contribution >= 4 is 5.91 Å². The predicted molar refractivity (Wildman–Crippen MR) is 255 cm³/mol. The molecule has 7 N–H and O–H groups in total. The molecule has 1 saturated heterocycles. The minimum atomic E-state index is -1.60. The monoisotopic (exact) mass is 886 g/mol. The van der Waals surface area contributed by atoms with Crippen LogP contribution in [0.25, 0.3) is 0 Å². The Morgan fingerprint density at radius 1 is 0.500 bits per heavy atom. The van der Waals surface area contributed by atoms with Crippen LogP contribution >= 0.6 is 0 Å². The van der Waals surface area contributed by atoms with E-state index in [4.69, 9.17) is 9.47 Å². The summed E-state index contributed by atoms with van der Waals surface area (Å²) in [6, 6.07) is -0.985. The second-order valence-corrected chi connectivity index (χ2v) is 19.2. The molecule has 0 spiro atoms. The molecule has 0 aromatic heterocycles. The van der Waals surface area contributed by atoms with Crippen LogP contribution in [0.2, 0.25) is 0 Å². The number of carbonyl (C=O) groups is 1. The minimum absolute atomic E-state index is 0.251. The van der Waals surface area contributed by atoms with Crippen LogP contribution in [0.1, 0.15) is 264 Å². The highest BCUT2D eigenvalue weighted by Crippen LogP contribution is 2.23. The number of aliphatic hydroxyl groups excluding tert-OH is 6. The summed E-state index contributed by atoms with van der Waals surface area (Å²) in [6.07, 6.45) is 38.2. The van der Waals surface area contributed by atoms with Crippen molar-refractivity contribution in [2.24, 2.45) is 0 Å². The van der Waals surface area contributed by atoms with E-state index in [0.29, 0.717) is 6.42 Å². The molecule has 62 heavy (non-hydrogen) atoms. The molecule has 0 bridgehead atoms. The van der Waals surface area contributed by atoms with Crippen molar-refractivity contribution < 1.29 is 44.9 Å². The second-order valence-electron chi connectivity index (χ2n) is 19.2. The average Bonchev–Trinajstić information content (AvgIpc) is 3.27. The zero-order valence-electron chi connectivity index (χ0n) is 40.5. The van der Waals surface area contributed by atoms with Crippen molar-refractivity contribution in [2.45, 2.75) is 313 Å². The van der Waals surface area contributed by atoms with Gasteiger partial charge in [0.15, 0.2) is 6.29 Å². The highest BCUT2D eigenvalue weighted by Gasteiger charge is 2.44. The van der Waals surface area contributed by atoms with Crippen LogP contribution < -0.4 is 5.32 Å². The van der Waals surface area contributed by atoms with E-state index >= 15 is 0 Å². The molecule has 370 valence electrons. The van der Waals surface area contributed by atoms with E-state index in [1.54, 1.807) is 0 Å². The van der Waals surface area contributed by atoms with Gasteiger partial charge in [0.1, 0.15) is 30.5 Å². The summed E-state index contributed by atoms with van der Waals surface area (Å²) in [5.74, 6) is -0.251. The summed E-state index contributed by atoms with van der Waals surface area (Å²) in [5, 5.41) is 65.4. The summed E-state index contributed by atoms with van der Waals surface area (Å²) in [7, 11) is 0. The van der Waals surface area contributed by atoms with Crippen LogP contribution in [0, 0.1) is 0 Å². The van der Waals surface area contributed by atoms with Crippen LogP contribution in [0.3, 0.4) is 0 Å². The molecule has 0 saturated carbocycles. The molecular weight excluding hydrogens is 783 g/mol. The highest BCUT2D eigenvalue weighted by molar-refractivity contribution is 5.76. The molecule has 2 unspecified atom stereocenters. The Morgan fingerprint density at radius 3 is 1.19 bits per heavy atom. The Bertz CT molecular complexity index is 957. The van der Waals surface area contributed by atoms with E-state index in [9.17, 15) is 35.4 Å². The van der Waals surface area contributed by atoms with Gasteiger partial charge in [-0.2, -0.15) is 0 Å². The first-order chi connectivity index (χ1) is 30.3. The average molecular weight is 886 g/mol. The first-order valence-electron chi connectivity index (χ1n) is 26.8. The van der Waals surface area contributed by atoms with Crippen LogP contribution in [0.5, 0.6) is 0 Å². The number of hydrogen-bond donors (Lipinski definition) is 7. The molecule has 0 aromatic rings. The normalized spacial score (nSPS) is 20.7. The molecule has 0 aromatic carbocycles. The topological polar surface area (TPSA) is 169 Å². The summed E-state index contributed by atoms with van der Waals surface area (Å²) in [6.45, 7) is 3.65. The molecule has 8 atom stereocenters. The number of carbonyl (C=O) groups excluding carboxylic acids is 1. The van der Waals surface area contributed by atoms with Crippen LogP contribution in [0.4, 0.5) is 0 Å². The van der Waals surface area contributed by atoms with Crippen molar-refractivity contribution in [1.29, 1.82) is 0 Å². The lowest BCUT2D eigenvalue weighted by molar-refractivity contribution is -0.303. The first kappa shape index (κ1) is 59.2. The highest BCUT2D eigenvalue weighted by atomic mass is 16.7. The summed E-state index contributed by atoms with van der Waals surface area (Å²) in [4.78, 5) is 13.1. The summed E-state index contributed by atoms with van der Waals surface area (Å²) >= 11 is 0. The Labute approximate surface area is 381 Å². The molecule has 1 aliphatic rings. The van der Waals surface area contributed by atoms with E-state index in [2.05, 4.69) is 19.2 Å². The zero-order chi connectivity index (χ0) is 45.3. The van der Waals surface area contributed by atoms with Crippen molar-refractivity contribution in [3.63, 3.8) is 0 Å². The number of amides is 1. The molecule has 10 nitrogen and oxygen atoms in total. The van der Waals surface area contributed by atoms with E-state index in [-0.39, 0.29) is 18.9 Å². The molecule has 1 fully saturated rings. The second kappa shape index (κ2) is 42.8. The Kier molecular flexibility index (Phi) is 40.8. The third kappa shape index (κ3) is 31.9. The summed E-state index contributed by atoms with van der Waals surface area (Å²) in [5.41, 5.74) is 0. The van der Waals surface area contributed by atoms with Gasteiger partial charge in [0.2, 0.25) is 5.91 Å². The van der Waals surface area contributed by atoms with E-state index in [1.165, 1.54) is 199 Å². The predicted octanol–water partition coefficient (Wildman–Crippen LogP) is 11.3.